The summed E-state index contributed by atoms with van der Waals surface area (Å²) in [6, 6.07) is 8.13. The maximum atomic E-state index is 13.6. The molecule has 0 aromatic heterocycles. The van der Waals surface area contributed by atoms with E-state index in [0.717, 1.165) is 0 Å². The minimum absolute atomic E-state index is 0.254. The molecule has 0 fully saturated rings. The summed E-state index contributed by atoms with van der Waals surface area (Å²) in [5, 5.41) is 0.297. The van der Waals surface area contributed by atoms with Crippen LogP contribution in [0.1, 0.15) is 0 Å². The summed E-state index contributed by atoms with van der Waals surface area (Å²) >= 11 is 5.63. The number of nitrogens with two attached hydrogens (primary N) is 1. The Bertz CT molecular complexity index is 520. The zero-order valence-electron chi connectivity index (χ0n) is 8.18. The Morgan fingerprint density at radius 1 is 1.00 bits per heavy atom. The van der Waals surface area contributed by atoms with Crippen molar-refractivity contribution < 1.29 is 8.78 Å². The lowest BCUT2D eigenvalue weighted by Gasteiger charge is -2.05. The average molecular weight is 240 g/mol. The molecule has 0 aliphatic carbocycles. The van der Waals surface area contributed by atoms with E-state index < -0.39 is 11.6 Å². The van der Waals surface area contributed by atoms with Crippen molar-refractivity contribution in [2.24, 2.45) is 0 Å². The van der Waals surface area contributed by atoms with Crippen LogP contribution in [0.3, 0.4) is 0 Å². The van der Waals surface area contributed by atoms with Crippen LogP contribution in [-0.4, -0.2) is 0 Å². The molecule has 0 amide bonds. The highest BCUT2D eigenvalue weighted by atomic mass is 35.5. The molecule has 4 heteroatoms. The second kappa shape index (κ2) is 4.10. The van der Waals surface area contributed by atoms with Gasteiger partial charge in [-0.15, -0.1) is 0 Å². The quantitative estimate of drug-likeness (QED) is 0.751. The Hall–Kier alpha value is -1.61. The number of nitrogen functional groups attached to an aromatic ring is 1. The van der Waals surface area contributed by atoms with Crippen molar-refractivity contribution in [1.82, 2.24) is 0 Å². The maximum Gasteiger partial charge on any atom is 0.132 e. The van der Waals surface area contributed by atoms with Crippen LogP contribution in [0.25, 0.3) is 11.1 Å². The van der Waals surface area contributed by atoms with Crippen LogP contribution in [0.15, 0.2) is 36.4 Å². The van der Waals surface area contributed by atoms with E-state index in [0.29, 0.717) is 10.6 Å². The number of anilines is 1. The standard InChI is InChI=1S/C12H8ClF2N/c13-8-1-2-11(12(15)5-8)7-3-9(14)6-10(16)4-7/h1-6H,16H2. The molecule has 0 bridgehead atoms. The molecule has 0 heterocycles. The monoisotopic (exact) mass is 239 g/mol. The summed E-state index contributed by atoms with van der Waals surface area (Å²) in [6.45, 7) is 0. The zero-order valence-corrected chi connectivity index (χ0v) is 8.93. The predicted molar refractivity (Wildman–Crippen MR) is 61.2 cm³/mol. The topological polar surface area (TPSA) is 26.0 Å². The van der Waals surface area contributed by atoms with Crippen LogP contribution in [-0.2, 0) is 0 Å². The molecule has 1 nitrogen and oxygen atoms in total. The first-order valence-electron chi connectivity index (χ1n) is 4.58. The summed E-state index contributed by atoms with van der Waals surface area (Å²) in [5.74, 6) is -0.998. The fourth-order valence-corrected chi connectivity index (χ4v) is 1.65. The highest BCUT2D eigenvalue weighted by molar-refractivity contribution is 6.30. The number of rotatable bonds is 1. The molecule has 2 N–H and O–H groups in total. The third-order valence-corrected chi connectivity index (χ3v) is 2.40. The van der Waals surface area contributed by atoms with Crippen molar-refractivity contribution in [2.75, 3.05) is 5.73 Å². The first-order valence-corrected chi connectivity index (χ1v) is 4.95. The molecule has 0 spiro atoms. The van der Waals surface area contributed by atoms with Gasteiger partial charge in [-0.25, -0.2) is 8.78 Å². The lowest BCUT2D eigenvalue weighted by Crippen LogP contribution is -1.90. The molecule has 2 rings (SSSR count). The predicted octanol–water partition coefficient (Wildman–Crippen LogP) is 3.87. The lowest BCUT2D eigenvalue weighted by atomic mass is 10.0. The molecule has 0 atom stereocenters. The Morgan fingerprint density at radius 3 is 2.38 bits per heavy atom. The van der Waals surface area contributed by atoms with Crippen LogP contribution >= 0.6 is 11.6 Å². The molecule has 0 saturated heterocycles. The van der Waals surface area contributed by atoms with E-state index >= 15 is 0 Å². The van der Waals surface area contributed by atoms with Gasteiger partial charge in [-0.05, 0) is 42.0 Å². The summed E-state index contributed by atoms with van der Waals surface area (Å²) < 4.78 is 26.6. The van der Waals surface area contributed by atoms with Gasteiger partial charge < -0.3 is 5.73 Å². The largest absolute Gasteiger partial charge is 0.399 e. The van der Waals surface area contributed by atoms with E-state index in [-0.39, 0.29) is 11.3 Å². The van der Waals surface area contributed by atoms with Crippen LogP contribution in [0.4, 0.5) is 14.5 Å². The van der Waals surface area contributed by atoms with Gasteiger partial charge in [-0.2, -0.15) is 0 Å². The van der Waals surface area contributed by atoms with Crippen molar-refractivity contribution in [3.8, 4) is 11.1 Å². The molecular weight excluding hydrogens is 232 g/mol. The SMILES string of the molecule is Nc1cc(F)cc(-c2ccc(Cl)cc2F)c1. The maximum absolute atomic E-state index is 13.6. The molecule has 0 unspecified atom stereocenters. The molecular formula is C12H8ClF2N. The second-order valence-electron chi connectivity index (χ2n) is 3.40. The van der Waals surface area contributed by atoms with Crippen molar-refractivity contribution in [3.05, 3.63) is 53.1 Å². The van der Waals surface area contributed by atoms with Gasteiger partial charge >= 0.3 is 0 Å². The summed E-state index contributed by atoms with van der Waals surface area (Å²) in [6.07, 6.45) is 0. The van der Waals surface area contributed by atoms with Gasteiger partial charge in [0.25, 0.3) is 0 Å². The second-order valence-corrected chi connectivity index (χ2v) is 3.83. The van der Waals surface area contributed by atoms with Gasteiger partial charge in [-0.1, -0.05) is 11.6 Å². The van der Waals surface area contributed by atoms with Gasteiger partial charge in [0.1, 0.15) is 11.6 Å². The molecule has 2 aromatic rings. The van der Waals surface area contributed by atoms with Crippen LogP contribution in [0, 0.1) is 11.6 Å². The van der Waals surface area contributed by atoms with Crippen molar-refractivity contribution in [2.45, 2.75) is 0 Å². The highest BCUT2D eigenvalue weighted by Crippen LogP contribution is 2.27. The van der Waals surface area contributed by atoms with E-state index in [4.69, 9.17) is 17.3 Å². The summed E-state index contributed by atoms with van der Waals surface area (Å²) in [4.78, 5) is 0. The first-order chi connectivity index (χ1) is 7.56. The Kier molecular flexibility index (Phi) is 2.79. The van der Waals surface area contributed by atoms with E-state index in [9.17, 15) is 8.78 Å². The smallest absolute Gasteiger partial charge is 0.132 e. The Labute approximate surface area is 96.5 Å². The number of benzene rings is 2. The van der Waals surface area contributed by atoms with E-state index in [2.05, 4.69) is 0 Å². The number of hydrogen-bond donors (Lipinski definition) is 1. The molecule has 82 valence electrons. The Balaban J connectivity index is 2.58. The van der Waals surface area contributed by atoms with E-state index in [1.165, 1.54) is 30.3 Å². The summed E-state index contributed by atoms with van der Waals surface area (Å²) in [7, 11) is 0. The van der Waals surface area contributed by atoms with Crippen molar-refractivity contribution in [3.63, 3.8) is 0 Å². The third kappa shape index (κ3) is 2.14. The normalized spacial score (nSPS) is 10.4. The summed E-state index contributed by atoms with van der Waals surface area (Å²) in [5.41, 5.74) is 6.41. The third-order valence-electron chi connectivity index (χ3n) is 2.16. The molecule has 0 aliphatic rings. The fraction of sp³-hybridized carbons (Fsp3) is 0. The minimum Gasteiger partial charge on any atom is -0.399 e. The molecule has 0 saturated carbocycles. The van der Waals surface area contributed by atoms with Gasteiger partial charge in [0, 0.05) is 16.3 Å². The van der Waals surface area contributed by atoms with Gasteiger partial charge in [0.05, 0.1) is 0 Å². The highest BCUT2D eigenvalue weighted by Gasteiger charge is 2.07. The van der Waals surface area contributed by atoms with Crippen molar-refractivity contribution >= 4 is 17.3 Å². The molecule has 0 aliphatic heterocycles. The van der Waals surface area contributed by atoms with Gasteiger partial charge in [-0.3, -0.25) is 0 Å². The van der Waals surface area contributed by atoms with Crippen LogP contribution < -0.4 is 5.73 Å². The van der Waals surface area contributed by atoms with Crippen LogP contribution in [0.2, 0.25) is 5.02 Å². The first kappa shape index (κ1) is 10.9. The zero-order chi connectivity index (χ0) is 11.7. The van der Waals surface area contributed by atoms with Crippen LogP contribution in [0.5, 0.6) is 0 Å². The number of halogens is 3. The Morgan fingerprint density at radius 2 is 1.75 bits per heavy atom. The fourth-order valence-electron chi connectivity index (χ4n) is 1.49. The molecule has 16 heavy (non-hydrogen) atoms. The average Bonchev–Trinajstić information content (AvgIpc) is 2.15. The lowest BCUT2D eigenvalue weighted by molar-refractivity contribution is 0.625. The molecule has 0 radical (unpaired) electrons. The van der Waals surface area contributed by atoms with E-state index in [1.807, 2.05) is 0 Å². The molecule has 2 aromatic carbocycles. The van der Waals surface area contributed by atoms with Gasteiger partial charge in [0.2, 0.25) is 0 Å². The van der Waals surface area contributed by atoms with Gasteiger partial charge in [0.15, 0.2) is 0 Å². The van der Waals surface area contributed by atoms with E-state index in [1.54, 1.807) is 6.07 Å². The minimum atomic E-state index is -0.502. The van der Waals surface area contributed by atoms with Crippen molar-refractivity contribution in [1.29, 1.82) is 0 Å². The number of hydrogen-bond acceptors (Lipinski definition) is 1.